The van der Waals surface area contributed by atoms with Crippen LogP contribution in [0, 0.1) is 11.8 Å². The van der Waals surface area contributed by atoms with Gasteiger partial charge in [-0.2, -0.15) is 8.42 Å². The Morgan fingerprint density at radius 2 is 1.34 bits per heavy atom. The first kappa shape index (κ1) is 77.2. The number of phenolic OH excluding ortho intramolecular Hbond substituents is 1. The monoisotopic (exact) mass is 1470 g/mol. The van der Waals surface area contributed by atoms with Crippen LogP contribution in [0.25, 0.3) is 21.7 Å². The second-order valence-electron chi connectivity index (χ2n) is 27.4. The molecule has 2 aromatic carbocycles. The zero-order chi connectivity index (χ0) is 73.1. The SMILES string of the molecule is C[C@@H](O)[C@@H]1NC(=O)C(NCC2CCN(c3nnc(-c4ccc(-c5cnc(N6CCC(OC7CCCC7)CC6)nc5)cc4)s3)CC2)C[C@@H](O)CNC(=O)[C@@H]2[C@@H](O)[C@@H](C)CN2C(=O)[C@H]([C@H](O)CCNC(CO)CO)NC(=O)[C@H]([C@H](O)Cc2ccc(O)c(OS(=O)(=O)O)c2)NC(=O)[C@@H]2C[C@@H](O)CN2C1=O. The van der Waals surface area contributed by atoms with Gasteiger partial charge in [0.15, 0.2) is 11.5 Å². The first-order valence-corrected chi connectivity index (χ1v) is 36.9. The van der Waals surface area contributed by atoms with Crippen molar-refractivity contribution in [1.29, 1.82) is 0 Å². The lowest BCUT2D eigenvalue weighted by Gasteiger charge is -2.34. The van der Waals surface area contributed by atoms with Gasteiger partial charge in [0.05, 0.1) is 74.1 Å². The Labute approximate surface area is 593 Å². The minimum atomic E-state index is -5.23. The number of aromatic hydroxyl groups is 1. The minimum Gasteiger partial charge on any atom is -0.504 e. The molecule has 6 amide bonds. The van der Waals surface area contributed by atoms with Crippen LogP contribution in [-0.4, -0.2) is 288 Å². The van der Waals surface area contributed by atoms with E-state index in [4.69, 9.17) is 14.7 Å². The first-order chi connectivity index (χ1) is 48.7. The number of ether oxygens (including phenoxy) is 1. The number of amides is 6. The van der Waals surface area contributed by atoms with Gasteiger partial charge in [0.1, 0.15) is 35.2 Å². The van der Waals surface area contributed by atoms with Crippen LogP contribution in [0.4, 0.5) is 11.1 Å². The Kier molecular flexibility index (Phi) is 26.4. The van der Waals surface area contributed by atoms with E-state index in [-0.39, 0.29) is 37.2 Å². The molecule has 13 atom stereocenters. The average Bonchev–Trinajstić information content (AvgIpc) is 1.63. The summed E-state index contributed by atoms with van der Waals surface area (Å²) in [5.74, 6) is -8.58. The minimum absolute atomic E-state index is 0.0611. The number of β-amino-alcohol motifs (C(OH)–C–C–N with tert-alkyl or cyclic N) is 1. The number of fused-ring (bicyclic) bond motifs is 2. The molecule has 10 rings (SSSR count). The molecule has 5 aliphatic heterocycles. The number of aliphatic hydroxyl groups excluding tert-OH is 8. The summed E-state index contributed by atoms with van der Waals surface area (Å²) in [4.78, 5) is 104. The van der Waals surface area contributed by atoms with Gasteiger partial charge in [-0.05, 0) is 101 Å². The molecule has 6 fully saturated rings. The van der Waals surface area contributed by atoms with Crippen LogP contribution in [0.3, 0.4) is 0 Å². The summed E-state index contributed by atoms with van der Waals surface area (Å²) >= 11 is 1.44. The van der Waals surface area contributed by atoms with Crippen molar-refractivity contribution in [2.45, 2.75) is 182 Å². The number of benzene rings is 2. The standard InChI is InChI=1S/C66H94N14O20S2/c1-35-31-80-56(57(35)89)61(93)69-30-43(84)25-47(68-27-37-14-19-78(20-15-37)66-76-75-62(101-66)40-10-8-39(9-11-40)41-28-70-65(71-29-41)77-21-16-46(17-22-77)99-45-5-3-4-6-45)58(90)72-53(36(2)83)63(94)79-32-44(85)26-48(79)59(91)73-54(51(88)23-38-7-12-49(86)52(24-38)100-102(96,97)98)60(92)74-55(64(80)95)50(87)13-18-67-42(33-81)34-82/h7-12,24,28-29,35-37,42-48,50-51,53-57,67-68,81-89H,3-6,13-23,25-27,30-34H2,1-2H3,(H,69,93)(H,72,90)(H,73,91)(H,74,92)(H,96,97,98)/t35-,36+,43+,44+,47?,48-,50+,51+,53-,54-,55-,56-,57-/m0/s1. The van der Waals surface area contributed by atoms with Crippen LogP contribution < -0.4 is 45.9 Å². The van der Waals surface area contributed by atoms with E-state index in [0.29, 0.717) is 48.1 Å². The lowest BCUT2D eigenvalue weighted by atomic mass is 9.96. The quantitative estimate of drug-likeness (QED) is 0.0345. The van der Waals surface area contributed by atoms with Crippen LogP contribution in [0.5, 0.6) is 11.5 Å². The molecule has 560 valence electrons. The van der Waals surface area contributed by atoms with Crippen molar-refractivity contribution < 1.29 is 96.6 Å². The summed E-state index contributed by atoms with van der Waals surface area (Å²) in [5.41, 5.74) is 2.60. The molecule has 6 aliphatic rings. The van der Waals surface area contributed by atoms with Gasteiger partial charge in [0.25, 0.3) is 0 Å². The van der Waals surface area contributed by atoms with Gasteiger partial charge in [-0.1, -0.05) is 61.4 Å². The molecule has 1 unspecified atom stereocenters. The molecule has 16 N–H and O–H groups in total. The molecule has 0 bridgehead atoms. The molecule has 102 heavy (non-hydrogen) atoms. The highest BCUT2D eigenvalue weighted by Crippen LogP contribution is 2.35. The number of carbonyl (C=O) groups excluding carboxylic acids is 6. The number of phenols is 1. The molecular formula is C66H94N14O20S2. The fourth-order valence-electron chi connectivity index (χ4n) is 14.0. The number of nitrogens with one attached hydrogen (secondary N) is 6. The van der Waals surface area contributed by atoms with Crippen molar-refractivity contribution in [3.63, 3.8) is 0 Å². The fourth-order valence-corrected chi connectivity index (χ4v) is 15.3. The van der Waals surface area contributed by atoms with E-state index < -0.39 is 194 Å². The van der Waals surface area contributed by atoms with E-state index in [1.54, 1.807) is 0 Å². The van der Waals surface area contributed by atoms with Crippen LogP contribution >= 0.6 is 11.3 Å². The summed E-state index contributed by atoms with van der Waals surface area (Å²) in [6.07, 6.45) is -0.0527. The molecule has 7 heterocycles. The Bertz CT molecular complexity index is 3620. The Morgan fingerprint density at radius 1 is 0.706 bits per heavy atom. The molecule has 4 aromatic rings. The smallest absolute Gasteiger partial charge is 0.446 e. The highest BCUT2D eigenvalue weighted by Gasteiger charge is 2.50. The van der Waals surface area contributed by atoms with Gasteiger partial charge >= 0.3 is 10.4 Å². The lowest BCUT2D eigenvalue weighted by molar-refractivity contribution is -0.147. The summed E-state index contributed by atoms with van der Waals surface area (Å²) in [5, 5.41) is 125. The van der Waals surface area contributed by atoms with E-state index in [1.165, 1.54) is 38.0 Å². The van der Waals surface area contributed by atoms with E-state index in [1.807, 2.05) is 36.7 Å². The van der Waals surface area contributed by atoms with Gasteiger partial charge in [0.2, 0.25) is 46.5 Å². The second kappa shape index (κ2) is 34.9. The molecule has 0 spiro atoms. The Hall–Kier alpha value is -7.43. The second-order valence-corrected chi connectivity index (χ2v) is 29.4. The predicted molar refractivity (Wildman–Crippen MR) is 366 cm³/mol. The zero-order valence-corrected chi connectivity index (χ0v) is 58.4. The van der Waals surface area contributed by atoms with Crippen LogP contribution in [-0.2, 0) is 50.3 Å². The Balaban J connectivity index is 0.840. The molecule has 1 saturated carbocycles. The van der Waals surface area contributed by atoms with E-state index in [0.717, 1.165) is 83.5 Å². The molecule has 5 saturated heterocycles. The highest BCUT2D eigenvalue weighted by atomic mass is 32.3. The third kappa shape index (κ3) is 19.7. The van der Waals surface area contributed by atoms with Gasteiger partial charge in [-0.3, -0.25) is 33.3 Å². The van der Waals surface area contributed by atoms with Gasteiger partial charge in [-0.25, -0.2) is 9.97 Å². The van der Waals surface area contributed by atoms with Crippen molar-refractivity contribution in [2.75, 3.05) is 81.9 Å². The number of aliphatic hydroxyl groups is 8. The van der Waals surface area contributed by atoms with Gasteiger partial charge < -0.3 is 106 Å². The molecule has 1 aliphatic carbocycles. The summed E-state index contributed by atoms with van der Waals surface area (Å²) in [6, 6.07) is -0.941. The molecule has 36 heteroatoms. The molecule has 0 radical (unpaired) electrons. The number of carbonyl (C=O) groups is 6. The number of piperidine rings is 2. The highest BCUT2D eigenvalue weighted by molar-refractivity contribution is 7.81. The number of hydrogen-bond acceptors (Lipinski definition) is 28. The van der Waals surface area contributed by atoms with Crippen LogP contribution in [0.2, 0.25) is 0 Å². The maximum atomic E-state index is 15.0. The third-order valence-electron chi connectivity index (χ3n) is 19.9. The number of hydrogen-bond donors (Lipinski definition) is 16. The van der Waals surface area contributed by atoms with E-state index in [2.05, 4.69) is 56.1 Å². The maximum Gasteiger partial charge on any atom is 0.446 e. The van der Waals surface area contributed by atoms with Gasteiger partial charge in [0, 0.05) is 88.1 Å². The van der Waals surface area contributed by atoms with E-state index >= 15 is 0 Å². The fraction of sp³-hybridized carbons (Fsp3) is 0.636. The lowest BCUT2D eigenvalue weighted by Crippen LogP contribution is -2.64. The van der Waals surface area contributed by atoms with Crippen molar-refractivity contribution in [1.82, 2.24) is 61.9 Å². The number of rotatable bonds is 22. The number of anilines is 2. The third-order valence-corrected chi connectivity index (χ3v) is 21.3. The van der Waals surface area contributed by atoms with Crippen molar-refractivity contribution in [3.8, 4) is 33.2 Å². The van der Waals surface area contributed by atoms with Crippen molar-refractivity contribution in [3.05, 3.63) is 60.4 Å². The molecule has 2 aromatic heterocycles. The van der Waals surface area contributed by atoms with E-state index in [9.17, 15) is 87.7 Å². The van der Waals surface area contributed by atoms with Crippen molar-refractivity contribution >= 4 is 68.3 Å². The average molecular weight is 1470 g/mol. The Morgan fingerprint density at radius 3 is 2.01 bits per heavy atom. The summed E-state index contributed by atoms with van der Waals surface area (Å²) in [7, 11) is -5.23. The van der Waals surface area contributed by atoms with Crippen molar-refractivity contribution in [2.24, 2.45) is 11.8 Å². The number of aromatic nitrogens is 4. The zero-order valence-electron chi connectivity index (χ0n) is 56.7. The molecular weight excluding hydrogens is 1370 g/mol. The topological polar surface area (TPSA) is 494 Å². The van der Waals surface area contributed by atoms with Crippen LogP contribution in [0.15, 0.2) is 54.9 Å². The predicted octanol–water partition coefficient (Wildman–Crippen LogP) is -3.17. The molecule has 34 nitrogen and oxygen atoms in total. The van der Waals surface area contributed by atoms with Crippen LogP contribution in [0.1, 0.15) is 90.0 Å². The first-order valence-electron chi connectivity index (χ1n) is 34.7. The largest absolute Gasteiger partial charge is 0.504 e. The number of nitrogens with zero attached hydrogens (tertiary/aromatic N) is 8. The van der Waals surface area contributed by atoms with Gasteiger partial charge in [-0.15, -0.1) is 10.2 Å². The maximum absolute atomic E-state index is 15.0. The summed E-state index contributed by atoms with van der Waals surface area (Å²) in [6.45, 7) is 2.89. The summed E-state index contributed by atoms with van der Waals surface area (Å²) < 4.78 is 43.5. The normalized spacial score (nSPS) is 27.0.